The Labute approximate surface area is 305 Å². The largest absolute Gasteiger partial charge is 0.392 e. The Bertz CT molecular complexity index is 1690. The number of hydrogen-bond donors (Lipinski definition) is 4. The minimum atomic E-state index is -1.10. The lowest BCUT2D eigenvalue weighted by Crippen LogP contribution is -2.61. The summed E-state index contributed by atoms with van der Waals surface area (Å²) < 4.78 is 0. The monoisotopic (exact) mass is 694 g/mol. The van der Waals surface area contributed by atoms with Gasteiger partial charge in [-0.25, -0.2) is 0 Å². The topological polar surface area (TPSA) is 98.0 Å². The minimum Gasteiger partial charge on any atom is -0.392 e. The van der Waals surface area contributed by atoms with Crippen molar-refractivity contribution < 1.29 is 25.2 Å². The van der Waals surface area contributed by atoms with Crippen molar-refractivity contribution in [1.82, 2.24) is 0 Å². The van der Waals surface area contributed by atoms with Gasteiger partial charge in [0.2, 0.25) is 0 Å². The Morgan fingerprint density at radius 2 is 1.61 bits per heavy atom. The maximum Gasteiger partial charge on any atom is 0.159 e. The summed E-state index contributed by atoms with van der Waals surface area (Å²) >= 11 is 0. The van der Waals surface area contributed by atoms with Crippen LogP contribution in [0, 0.1) is 57.7 Å². The summed E-state index contributed by atoms with van der Waals surface area (Å²) in [7, 11) is 0. The van der Waals surface area contributed by atoms with Crippen LogP contribution in [0.2, 0.25) is 0 Å². The molecule has 13 atom stereocenters. The summed E-state index contributed by atoms with van der Waals surface area (Å²) in [5, 5.41) is 47.5. The van der Waals surface area contributed by atoms with Crippen LogP contribution < -0.4 is 0 Å². The first-order valence-electron chi connectivity index (χ1n) is 20.8. The van der Waals surface area contributed by atoms with Gasteiger partial charge in [-0.2, -0.15) is 0 Å². The van der Waals surface area contributed by atoms with Gasteiger partial charge in [0.15, 0.2) is 5.78 Å². The molecule has 0 radical (unpaired) electrons. The number of benzene rings is 1. The zero-order valence-corrected chi connectivity index (χ0v) is 31.5. The van der Waals surface area contributed by atoms with Gasteiger partial charge in [-0.15, -0.1) is 0 Å². The number of aliphatic hydroxyl groups excluding tert-OH is 3. The Hall–Kier alpha value is -2.05. The van der Waals surface area contributed by atoms with Crippen LogP contribution in [-0.2, 0) is 11.2 Å². The fourth-order valence-electron chi connectivity index (χ4n) is 14.9. The molecule has 8 aliphatic carbocycles. The molecule has 13 unspecified atom stereocenters. The zero-order chi connectivity index (χ0) is 35.7. The number of allylic oxidation sites excluding steroid dienone is 3. The highest BCUT2D eigenvalue weighted by Crippen LogP contribution is 2.70. The predicted octanol–water partition coefficient (Wildman–Crippen LogP) is 8.05. The first-order valence-corrected chi connectivity index (χ1v) is 20.8. The molecule has 5 saturated carbocycles. The Morgan fingerprint density at radius 1 is 0.843 bits per heavy atom. The summed E-state index contributed by atoms with van der Waals surface area (Å²) in [5.41, 5.74) is 6.69. The van der Waals surface area contributed by atoms with Crippen molar-refractivity contribution in [2.75, 3.05) is 0 Å². The van der Waals surface area contributed by atoms with Crippen molar-refractivity contribution >= 4 is 5.78 Å². The molecule has 5 heteroatoms. The lowest BCUT2D eigenvalue weighted by molar-refractivity contribution is -0.156. The molecule has 51 heavy (non-hydrogen) atoms. The van der Waals surface area contributed by atoms with Gasteiger partial charge in [-0.1, -0.05) is 86.7 Å². The van der Waals surface area contributed by atoms with Crippen LogP contribution in [0.15, 0.2) is 64.3 Å². The van der Waals surface area contributed by atoms with Crippen molar-refractivity contribution in [2.45, 2.75) is 148 Å². The molecule has 0 bridgehead atoms. The minimum absolute atomic E-state index is 0.0131. The van der Waals surface area contributed by atoms with Crippen molar-refractivity contribution in [2.24, 2.45) is 57.7 Å². The number of carbonyl (C=O) groups is 1. The van der Waals surface area contributed by atoms with E-state index in [1.165, 1.54) is 44.1 Å². The van der Waals surface area contributed by atoms with Gasteiger partial charge in [0, 0.05) is 23.2 Å². The van der Waals surface area contributed by atoms with Crippen LogP contribution >= 0.6 is 0 Å². The van der Waals surface area contributed by atoms with Crippen LogP contribution in [0.25, 0.3) is 0 Å². The molecule has 8 aliphatic rings. The molecule has 0 aliphatic heterocycles. The van der Waals surface area contributed by atoms with Crippen LogP contribution in [0.5, 0.6) is 0 Å². The smallest absolute Gasteiger partial charge is 0.159 e. The SMILES string of the molecule is CC(C)(Cc1ccccc1)C1=C2CCCCC2C2=C3C(CCC2)CC(C2CCC4(O)C5=CC(=O)C6CC(O)C(O)CC6(C)C5CCC24C)C(O)C31. The lowest BCUT2D eigenvalue weighted by atomic mass is 9.44. The number of hydrogen-bond acceptors (Lipinski definition) is 5. The fourth-order valence-corrected chi connectivity index (χ4v) is 14.9. The van der Waals surface area contributed by atoms with E-state index in [9.17, 15) is 25.2 Å². The van der Waals surface area contributed by atoms with Gasteiger partial charge in [-0.3, -0.25) is 4.79 Å². The van der Waals surface area contributed by atoms with Crippen LogP contribution in [0.1, 0.15) is 123 Å². The van der Waals surface area contributed by atoms with E-state index in [-0.39, 0.29) is 40.8 Å². The number of aliphatic hydroxyl groups is 4. The van der Waals surface area contributed by atoms with Crippen LogP contribution in [-0.4, -0.2) is 50.1 Å². The number of carbonyl (C=O) groups excluding carboxylic acids is 1. The second-order valence-corrected chi connectivity index (χ2v) is 19.9. The third kappa shape index (κ3) is 4.89. The third-order valence-electron chi connectivity index (χ3n) is 17.1. The fraction of sp³-hybridized carbons (Fsp3) is 0.717. The van der Waals surface area contributed by atoms with Gasteiger partial charge < -0.3 is 20.4 Å². The van der Waals surface area contributed by atoms with Gasteiger partial charge >= 0.3 is 0 Å². The van der Waals surface area contributed by atoms with E-state index in [1.807, 2.05) is 0 Å². The summed E-state index contributed by atoms with van der Waals surface area (Å²) in [4.78, 5) is 13.8. The van der Waals surface area contributed by atoms with Gasteiger partial charge in [0.05, 0.1) is 23.9 Å². The van der Waals surface area contributed by atoms with Crippen LogP contribution in [0.4, 0.5) is 0 Å². The average molecular weight is 695 g/mol. The molecule has 1 aromatic carbocycles. The van der Waals surface area contributed by atoms with E-state index in [1.54, 1.807) is 28.4 Å². The summed E-state index contributed by atoms with van der Waals surface area (Å²) in [5.74, 6) is 1.09. The highest BCUT2D eigenvalue weighted by atomic mass is 16.3. The second kappa shape index (κ2) is 12.0. The van der Waals surface area contributed by atoms with Gasteiger partial charge in [0.25, 0.3) is 0 Å². The standard InChI is InChI=1S/C46H62O5/c1-43(2,24-26-11-6-5-7-12-26)41-30-15-9-8-14-28(30)29-16-10-13-27-21-31(42(50)40(41)39(27)29)32-18-20-46(51)34-22-36(47)35-23-37(48)38(49)25-44(35,3)33(34)17-19-45(32,46)4/h5-7,11-12,22,27-28,31-33,35,37-38,40,42,48-51H,8-10,13-21,23-25H2,1-4H3. The van der Waals surface area contributed by atoms with E-state index in [4.69, 9.17) is 0 Å². The average Bonchev–Trinajstić information content (AvgIpc) is 3.38. The maximum atomic E-state index is 13.8. The zero-order valence-electron chi connectivity index (χ0n) is 31.5. The van der Waals surface area contributed by atoms with Gasteiger partial charge in [-0.05, 0) is 142 Å². The molecule has 0 amide bonds. The number of fused-ring (bicyclic) bond motifs is 7. The Morgan fingerprint density at radius 3 is 2.39 bits per heavy atom. The normalized spacial score (nSPS) is 46.4. The maximum absolute atomic E-state index is 13.8. The Kier molecular flexibility index (Phi) is 8.15. The van der Waals surface area contributed by atoms with E-state index in [0.29, 0.717) is 31.1 Å². The molecule has 0 heterocycles. The summed E-state index contributed by atoms with van der Waals surface area (Å²) in [6.07, 6.45) is 14.1. The molecular formula is C46H62O5. The van der Waals surface area contributed by atoms with Crippen molar-refractivity contribution in [3.05, 3.63) is 69.8 Å². The quantitative estimate of drug-likeness (QED) is 0.239. The second-order valence-electron chi connectivity index (χ2n) is 19.9. The lowest BCUT2D eigenvalue weighted by Gasteiger charge is -2.61. The molecule has 1 aromatic rings. The van der Waals surface area contributed by atoms with Crippen LogP contribution in [0.3, 0.4) is 0 Å². The molecular weight excluding hydrogens is 633 g/mol. The Balaban J connectivity index is 1.10. The first-order chi connectivity index (χ1) is 24.3. The molecule has 4 N–H and O–H groups in total. The molecule has 5 fully saturated rings. The molecule has 9 rings (SSSR count). The van der Waals surface area contributed by atoms with Gasteiger partial charge in [0.1, 0.15) is 0 Å². The van der Waals surface area contributed by atoms with Crippen molar-refractivity contribution in [1.29, 1.82) is 0 Å². The molecule has 0 aromatic heterocycles. The number of rotatable bonds is 4. The first kappa shape index (κ1) is 34.7. The molecule has 0 saturated heterocycles. The summed E-state index contributed by atoms with van der Waals surface area (Å²) in [6, 6.07) is 10.9. The third-order valence-corrected chi connectivity index (χ3v) is 17.1. The van der Waals surface area contributed by atoms with E-state index >= 15 is 0 Å². The van der Waals surface area contributed by atoms with E-state index in [0.717, 1.165) is 44.1 Å². The van der Waals surface area contributed by atoms with Crippen molar-refractivity contribution in [3.8, 4) is 0 Å². The predicted molar refractivity (Wildman–Crippen MR) is 199 cm³/mol. The summed E-state index contributed by atoms with van der Waals surface area (Å²) in [6.45, 7) is 9.33. The van der Waals surface area contributed by atoms with E-state index in [2.05, 4.69) is 58.0 Å². The molecule has 276 valence electrons. The van der Waals surface area contributed by atoms with E-state index < -0.39 is 34.7 Å². The van der Waals surface area contributed by atoms with Crippen molar-refractivity contribution in [3.63, 3.8) is 0 Å². The highest BCUT2D eigenvalue weighted by Gasteiger charge is 2.68. The highest BCUT2D eigenvalue weighted by molar-refractivity contribution is 5.95. The molecule has 5 nitrogen and oxygen atoms in total. The molecule has 0 spiro atoms. The number of ketones is 1.